The second-order valence-corrected chi connectivity index (χ2v) is 8.78. The maximum absolute atomic E-state index is 12.4. The molecule has 1 aliphatic carbocycles. The number of nitrogens with zero attached hydrogens (tertiary/aromatic N) is 1. The number of quaternary nitrogens is 1. The number of anilines is 1. The van der Waals surface area contributed by atoms with E-state index in [4.69, 9.17) is 0 Å². The number of aryl methyl sites for hydroxylation is 1. The van der Waals surface area contributed by atoms with Gasteiger partial charge in [0, 0.05) is 16.7 Å². The Morgan fingerprint density at radius 1 is 1.29 bits per heavy atom. The topological polar surface area (TPSA) is 57.3 Å². The van der Waals surface area contributed by atoms with E-state index in [1.54, 1.807) is 16.2 Å². The Labute approximate surface area is 148 Å². The molecule has 3 atom stereocenters. The lowest BCUT2D eigenvalue weighted by Crippen LogP contribution is -3.14. The SMILES string of the molecule is C[C@@H]1C[C@H](C)C[NH+](CCC(=O)Nc2sc3c(c2C#N)CCCC3)C1. The minimum atomic E-state index is 0.0588. The second-order valence-electron chi connectivity index (χ2n) is 7.68. The molecule has 1 saturated heterocycles. The molecule has 0 bridgehead atoms. The van der Waals surface area contributed by atoms with E-state index in [0.717, 1.165) is 48.2 Å². The fourth-order valence-corrected chi connectivity index (χ4v) is 5.63. The highest BCUT2D eigenvalue weighted by Crippen LogP contribution is 2.37. The van der Waals surface area contributed by atoms with Crippen LogP contribution in [-0.2, 0) is 17.6 Å². The van der Waals surface area contributed by atoms with Gasteiger partial charge in [0.05, 0.1) is 31.6 Å². The third-order valence-electron chi connectivity index (χ3n) is 5.32. The van der Waals surface area contributed by atoms with Crippen LogP contribution in [0.25, 0.3) is 0 Å². The van der Waals surface area contributed by atoms with Crippen molar-refractivity contribution in [3.63, 3.8) is 0 Å². The molecule has 1 aromatic rings. The maximum atomic E-state index is 12.4. The molecule has 24 heavy (non-hydrogen) atoms. The van der Waals surface area contributed by atoms with Crippen LogP contribution in [0.2, 0.25) is 0 Å². The van der Waals surface area contributed by atoms with Crippen LogP contribution in [0, 0.1) is 23.2 Å². The highest BCUT2D eigenvalue weighted by molar-refractivity contribution is 7.16. The minimum Gasteiger partial charge on any atom is -0.334 e. The molecule has 1 unspecified atom stereocenters. The first-order valence-electron chi connectivity index (χ1n) is 9.24. The average molecular weight is 347 g/mol. The van der Waals surface area contributed by atoms with Gasteiger partial charge in [-0.15, -0.1) is 11.3 Å². The van der Waals surface area contributed by atoms with E-state index < -0.39 is 0 Å². The molecule has 2 N–H and O–H groups in total. The van der Waals surface area contributed by atoms with Gasteiger partial charge in [-0.1, -0.05) is 13.8 Å². The molecular weight excluding hydrogens is 318 g/mol. The summed E-state index contributed by atoms with van der Waals surface area (Å²) in [5.74, 6) is 1.56. The van der Waals surface area contributed by atoms with Gasteiger partial charge in [0.2, 0.25) is 5.91 Å². The van der Waals surface area contributed by atoms with Gasteiger partial charge in [-0.25, -0.2) is 0 Å². The zero-order valence-corrected chi connectivity index (χ0v) is 15.6. The monoisotopic (exact) mass is 346 g/mol. The molecule has 1 aliphatic heterocycles. The number of hydrogen-bond donors (Lipinski definition) is 2. The first kappa shape index (κ1) is 17.4. The van der Waals surface area contributed by atoms with Crippen LogP contribution >= 0.6 is 11.3 Å². The maximum Gasteiger partial charge on any atom is 0.230 e. The van der Waals surface area contributed by atoms with Crippen molar-refractivity contribution >= 4 is 22.2 Å². The molecule has 3 rings (SSSR count). The lowest BCUT2D eigenvalue weighted by molar-refractivity contribution is -0.911. The van der Waals surface area contributed by atoms with Crippen molar-refractivity contribution in [2.45, 2.75) is 52.4 Å². The van der Waals surface area contributed by atoms with Crippen molar-refractivity contribution in [3.8, 4) is 6.07 Å². The van der Waals surface area contributed by atoms with Gasteiger partial charge in [0.25, 0.3) is 0 Å². The number of nitrogens with one attached hydrogen (secondary N) is 2. The molecule has 2 aliphatic rings. The van der Waals surface area contributed by atoms with Crippen LogP contribution in [0.3, 0.4) is 0 Å². The van der Waals surface area contributed by atoms with E-state index in [-0.39, 0.29) is 5.91 Å². The van der Waals surface area contributed by atoms with Crippen LogP contribution in [0.1, 0.15) is 55.5 Å². The second kappa shape index (κ2) is 7.67. The minimum absolute atomic E-state index is 0.0588. The average Bonchev–Trinajstić information content (AvgIpc) is 2.89. The number of likely N-dealkylation sites (tertiary alicyclic amines) is 1. The molecule has 2 heterocycles. The van der Waals surface area contributed by atoms with E-state index in [1.807, 2.05) is 0 Å². The predicted octanol–water partition coefficient (Wildman–Crippen LogP) is 2.39. The molecule has 1 fully saturated rings. The first-order valence-corrected chi connectivity index (χ1v) is 10.1. The molecule has 0 spiro atoms. The number of carbonyl (C=O) groups is 1. The summed E-state index contributed by atoms with van der Waals surface area (Å²) in [7, 11) is 0. The van der Waals surface area contributed by atoms with Crippen molar-refractivity contribution in [3.05, 3.63) is 16.0 Å². The Bertz CT molecular complexity index is 636. The Hall–Kier alpha value is -1.38. The van der Waals surface area contributed by atoms with Crippen molar-refractivity contribution in [1.29, 1.82) is 5.26 Å². The smallest absolute Gasteiger partial charge is 0.230 e. The first-order chi connectivity index (χ1) is 11.6. The van der Waals surface area contributed by atoms with Crippen molar-refractivity contribution in [2.24, 2.45) is 11.8 Å². The van der Waals surface area contributed by atoms with Gasteiger partial charge in [-0.2, -0.15) is 5.26 Å². The fourth-order valence-electron chi connectivity index (χ4n) is 4.38. The normalized spacial score (nSPS) is 26.5. The summed E-state index contributed by atoms with van der Waals surface area (Å²) in [5, 5.41) is 13.3. The summed E-state index contributed by atoms with van der Waals surface area (Å²) >= 11 is 1.62. The molecule has 0 aromatic carbocycles. The molecule has 130 valence electrons. The highest BCUT2D eigenvalue weighted by atomic mass is 32.1. The van der Waals surface area contributed by atoms with Crippen LogP contribution in [-0.4, -0.2) is 25.5 Å². The Balaban J connectivity index is 1.57. The van der Waals surface area contributed by atoms with E-state index in [0.29, 0.717) is 6.42 Å². The van der Waals surface area contributed by atoms with Crippen LogP contribution in [0.15, 0.2) is 0 Å². The summed E-state index contributed by atoms with van der Waals surface area (Å²) in [6.45, 7) is 7.87. The fraction of sp³-hybridized carbons (Fsp3) is 0.684. The summed E-state index contributed by atoms with van der Waals surface area (Å²) in [4.78, 5) is 15.2. The van der Waals surface area contributed by atoms with Gasteiger partial charge in [0.1, 0.15) is 11.1 Å². The van der Waals surface area contributed by atoms with Crippen LogP contribution < -0.4 is 10.2 Å². The Kier molecular flexibility index (Phi) is 5.57. The Morgan fingerprint density at radius 3 is 2.71 bits per heavy atom. The molecular formula is C19H28N3OS+. The summed E-state index contributed by atoms with van der Waals surface area (Å²) in [5.41, 5.74) is 1.91. The molecule has 0 saturated carbocycles. The van der Waals surface area contributed by atoms with Gasteiger partial charge >= 0.3 is 0 Å². The van der Waals surface area contributed by atoms with E-state index in [1.165, 1.54) is 36.4 Å². The number of hydrogen-bond acceptors (Lipinski definition) is 3. The van der Waals surface area contributed by atoms with E-state index >= 15 is 0 Å². The number of rotatable bonds is 4. The number of thiophene rings is 1. The number of nitriles is 1. The van der Waals surface area contributed by atoms with E-state index in [2.05, 4.69) is 25.2 Å². The molecule has 1 aromatic heterocycles. The third kappa shape index (κ3) is 3.99. The van der Waals surface area contributed by atoms with Crippen molar-refractivity contribution in [2.75, 3.05) is 25.0 Å². The number of amides is 1. The standard InChI is InChI=1S/C19H27N3OS/c1-13-9-14(2)12-22(11-13)8-7-18(23)21-19-16(10-20)15-5-3-4-6-17(15)24-19/h13-14H,3-9,11-12H2,1-2H3,(H,21,23)/p+1/t13-,14+. The van der Waals surface area contributed by atoms with Crippen LogP contribution in [0.5, 0.6) is 0 Å². The van der Waals surface area contributed by atoms with E-state index in [9.17, 15) is 10.1 Å². The third-order valence-corrected chi connectivity index (χ3v) is 6.53. The van der Waals surface area contributed by atoms with Crippen LogP contribution in [0.4, 0.5) is 5.00 Å². The summed E-state index contributed by atoms with van der Waals surface area (Å²) < 4.78 is 0. The van der Waals surface area contributed by atoms with Gasteiger partial charge in [-0.05, 0) is 37.7 Å². The number of piperidine rings is 1. The summed E-state index contributed by atoms with van der Waals surface area (Å²) in [6, 6.07) is 2.32. The summed E-state index contributed by atoms with van der Waals surface area (Å²) in [6.07, 6.45) is 6.24. The zero-order chi connectivity index (χ0) is 17.1. The predicted molar refractivity (Wildman–Crippen MR) is 97.4 cm³/mol. The zero-order valence-electron chi connectivity index (χ0n) is 14.8. The molecule has 0 radical (unpaired) electrons. The Morgan fingerprint density at radius 2 is 2.00 bits per heavy atom. The van der Waals surface area contributed by atoms with Gasteiger partial charge < -0.3 is 10.2 Å². The number of carbonyl (C=O) groups excluding carboxylic acids is 1. The lowest BCUT2D eigenvalue weighted by Gasteiger charge is -2.31. The lowest BCUT2D eigenvalue weighted by atomic mass is 9.92. The van der Waals surface area contributed by atoms with Gasteiger partial charge in [-0.3, -0.25) is 4.79 Å². The van der Waals surface area contributed by atoms with Crippen molar-refractivity contribution < 1.29 is 9.69 Å². The molecule has 1 amide bonds. The van der Waals surface area contributed by atoms with Gasteiger partial charge in [0.15, 0.2) is 0 Å². The quantitative estimate of drug-likeness (QED) is 0.879. The number of fused-ring (bicyclic) bond motifs is 1. The largest absolute Gasteiger partial charge is 0.334 e. The van der Waals surface area contributed by atoms with Crippen molar-refractivity contribution in [1.82, 2.24) is 0 Å². The molecule has 4 nitrogen and oxygen atoms in total. The highest BCUT2D eigenvalue weighted by Gasteiger charge is 2.26. The molecule has 5 heteroatoms.